The molecule has 1 aromatic heterocycles. The molecule has 1 aromatic carbocycles. The molecule has 0 unspecified atom stereocenters. The molecule has 0 bridgehead atoms. The van der Waals surface area contributed by atoms with Gasteiger partial charge in [0.15, 0.2) is 5.82 Å². The Labute approximate surface area is 117 Å². The first-order valence-corrected chi connectivity index (χ1v) is 6.65. The van der Waals surface area contributed by atoms with Crippen molar-refractivity contribution in [2.75, 3.05) is 11.9 Å². The molecule has 5 heteroatoms. The van der Waals surface area contributed by atoms with Gasteiger partial charge in [0.05, 0.1) is 6.20 Å². The number of carbonyl (C=O) groups is 1. The maximum atomic E-state index is 11.8. The average molecular weight is 268 g/mol. The molecule has 1 heterocycles. The largest absolute Gasteiger partial charge is 0.337 e. The Morgan fingerprint density at radius 1 is 1.20 bits per heavy atom. The number of hydrogen-bond donors (Lipinski definition) is 2. The summed E-state index contributed by atoms with van der Waals surface area (Å²) >= 11 is 0. The number of nitrogens with one attached hydrogen (secondary N) is 2. The van der Waals surface area contributed by atoms with Crippen molar-refractivity contribution in [3.05, 3.63) is 54.5 Å². The van der Waals surface area contributed by atoms with Gasteiger partial charge in [-0.2, -0.15) is 0 Å². The van der Waals surface area contributed by atoms with E-state index in [0.29, 0.717) is 12.4 Å². The Morgan fingerprint density at radius 2 is 2.00 bits per heavy atom. The van der Waals surface area contributed by atoms with Crippen LogP contribution >= 0.6 is 0 Å². The van der Waals surface area contributed by atoms with Crippen molar-refractivity contribution in [2.24, 2.45) is 0 Å². The zero-order valence-corrected chi connectivity index (χ0v) is 11.0. The number of carbonyl (C=O) groups excluding carboxylic acids is 1. The summed E-state index contributed by atoms with van der Waals surface area (Å²) in [6.45, 7) is 0.642. The van der Waals surface area contributed by atoms with Crippen LogP contribution in [0, 0.1) is 0 Å². The Hall–Kier alpha value is -2.43. The third-order valence-corrected chi connectivity index (χ3v) is 3.63. The van der Waals surface area contributed by atoms with Gasteiger partial charge in [-0.05, 0) is 18.4 Å². The Kier molecular flexibility index (Phi) is 3.33. The second-order valence-electron chi connectivity index (χ2n) is 5.04. The van der Waals surface area contributed by atoms with E-state index < -0.39 is 0 Å². The molecule has 0 atom stereocenters. The summed E-state index contributed by atoms with van der Waals surface area (Å²) in [5.74, 6) is 0.453. The Balaban J connectivity index is 1.56. The first-order chi connectivity index (χ1) is 9.78. The van der Waals surface area contributed by atoms with Crippen molar-refractivity contribution in [3.8, 4) is 0 Å². The third-order valence-electron chi connectivity index (χ3n) is 3.63. The average Bonchev–Trinajstić information content (AvgIpc) is 3.28. The fourth-order valence-electron chi connectivity index (χ4n) is 2.28. The molecule has 0 aliphatic heterocycles. The van der Waals surface area contributed by atoms with E-state index in [1.54, 1.807) is 12.4 Å². The Morgan fingerprint density at radius 3 is 2.65 bits per heavy atom. The highest BCUT2D eigenvalue weighted by Crippen LogP contribution is 2.47. The predicted octanol–water partition coefficient (Wildman–Crippen LogP) is 2.33. The number of amides is 2. The van der Waals surface area contributed by atoms with E-state index in [9.17, 15) is 4.79 Å². The van der Waals surface area contributed by atoms with Gasteiger partial charge < -0.3 is 5.32 Å². The van der Waals surface area contributed by atoms with Crippen molar-refractivity contribution in [1.29, 1.82) is 0 Å². The monoisotopic (exact) mass is 268 g/mol. The van der Waals surface area contributed by atoms with E-state index >= 15 is 0 Å². The molecule has 1 aliphatic carbocycles. The minimum atomic E-state index is -0.243. The maximum absolute atomic E-state index is 11.8. The molecule has 2 N–H and O–H groups in total. The normalized spacial score (nSPS) is 15.4. The van der Waals surface area contributed by atoms with E-state index in [-0.39, 0.29) is 11.4 Å². The number of rotatable bonds is 4. The molecule has 1 aliphatic rings. The molecular formula is C15H16N4O. The summed E-state index contributed by atoms with van der Waals surface area (Å²) in [5.41, 5.74) is 1.40. The van der Waals surface area contributed by atoms with Gasteiger partial charge in [0.1, 0.15) is 0 Å². The molecule has 0 saturated heterocycles. The van der Waals surface area contributed by atoms with E-state index in [1.807, 2.05) is 18.2 Å². The molecule has 1 fully saturated rings. The zero-order chi connectivity index (χ0) is 13.8. The van der Waals surface area contributed by atoms with Crippen molar-refractivity contribution >= 4 is 11.8 Å². The van der Waals surface area contributed by atoms with Crippen LogP contribution < -0.4 is 10.6 Å². The fourth-order valence-corrected chi connectivity index (χ4v) is 2.28. The molecule has 0 radical (unpaired) electrons. The standard InChI is InChI=1S/C15H16N4O/c20-14(19-13-10-16-8-9-17-13)18-11-15(6-7-15)12-4-2-1-3-5-12/h1-5,8-10H,6-7,11H2,(H2,17,18,19,20). The van der Waals surface area contributed by atoms with Gasteiger partial charge in [-0.1, -0.05) is 30.3 Å². The van der Waals surface area contributed by atoms with Crippen molar-refractivity contribution in [2.45, 2.75) is 18.3 Å². The zero-order valence-electron chi connectivity index (χ0n) is 11.0. The predicted molar refractivity (Wildman–Crippen MR) is 76.4 cm³/mol. The summed E-state index contributed by atoms with van der Waals surface area (Å²) in [6.07, 6.45) is 6.86. The number of aromatic nitrogens is 2. The van der Waals surface area contributed by atoms with E-state index in [4.69, 9.17) is 0 Å². The van der Waals surface area contributed by atoms with Crippen LogP contribution in [0.4, 0.5) is 10.6 Å². The highest BCUT2D eigenvalue weighted by molar-refractivity contribution is 5.88. The molecule has 0 spiro atoms. The summed E-state index contributed by atoms with van der Waals surface area (Å²) in [4.78, 5) is 19.7. The van der Waals surface area contributed by atoms with Crippen molar-refractivity contribution in [1.82, 2.24) is 15.3 Å². The quantitative estimate of drug-likeness (QED) is 0.894. The van der Waals surface area contributed by atoms with Crippen LogP contribution in [0.3, 0.4) is 0 Å². The fraction of sp³-hybridized carbons (Fsp3) is 0.267. The summed E-state index contributed by atoms with van der Waals surface area (Å²) < 4.78 is 0. The molecule has 102 valence electrons. The minimum Gasteiger partial charge on any atom is -0.337 e. The van der Waals surface area contributed by atoms with Gasteiger partial charge in [0.25, 0.3) is 0 Å². The van der Waals surface area contributed by atoms with Crippen molar-refractivity contribution in [3.63, 3.8) is 0 Å². The molecule has 1 saturated carbocycles. The summed E-state index contributed by atoms with van der Waals surface area (Å²) in [6, 6.07) is 10.1. The number of benzene rings is 1. The number of hydrogen-bond acceptors (Lipinski definition) is 3. The van der Waals surface area contributed by atoms with Gasteiger partial charge in [-0.15, -0.1) is 0 Å². The van der Waals surface area contributed by atoms with Gasteiger partial charge in [0, 0.05) is 24.4 Å². The molecular weight excluding hydrogens is 252 g/mol. The number of nitrogens with zero attached hydrogens (tertiary/aromatic N) is 2. The van der Waals surface area contributed by atoms with E-state index in [0.717, 1.165) is 12.8 Å². The highest BCUT2D eigenvalue weighted by atomic mass is 16.2. The highest BCUT2D eigenvalue weighted by Gasteiger charge is 2.44. The lowest BCUT2D eigenvalue weighted by molar-refractivity contribution is 0.251. The van der Waals surface area contributed by atoms with Crippen LogP contribution in [0.25, 0.3) is 0 Å². The molecule has 5 nitrogen and oxygen atoms in total. The van der Waals surface area contributed by atoms with E-state index in [1.165, 1.54) is 11.8 Å². The molecule has 3 rings (SSSR count). The third kappa shape index (κ3) is 2.77. The molecule has 20 heavy (non-hydrogen) atoms. The van der Waals surface area contributed by atoms with Crippen LogP contribution in [0.2, 0.25) is 0 Å². The minimum absolute atomic E-state index is 0.112. The van der Waals surface area contributed by atoms with Gasteiger partial charge in [-0.25, -0.2) is 9.78 Å². The van der Waals surface area contributed by atoms with E-state index in [2.05, 4.69) is 32.7 Å². The first kappa shape index (κ1) is 12.6. The molecule has 2 aromatic rings. The summed E-state index contributed by atoms with van der Waals surface area (Å²) in [5, 5.41) is 5.58. The maximum Gasteiger partial charge on any atom is 0.320 e. The van der Waals surface area contributed by atoms with Crippen LogP contribution in [-0.2, 0) is 5.41 Å². The van der Waals surface area contributed by atoms with Crippen LogP contribution in [0.5, 0.6) is 0 Å². The van der Waals surface area contributed by atoms with Gasteiger partial charge >= 0.3 is 6.03 Å². The van der Waals surface area contributed by atoms with Crippen molar-refractivity contribution < 1.29 is 4.79 Å². The lowest BCUT2D eigenvalue weighted by atomic mass is 9.96. The van der Waals surface area contributed by atoms with Crippen LogP contribution in [0.1, 0.15) is 18.4 Å². The smallest absolute Gasteiger partial charge is 0.320 e. The second kappa shape index (κ2) is 5.28. The number of urea groups is 1. The SMILES string of the molecule is O=C(NCC1(c2ccccc2)CC1)Nc1cnccn1. The molecule has 2 amide bonds. The first-order valence-electron chi connectivity index (χ1n) is 6.65. The Bertz CT molecular complexity index is 581. The topological polar surface area (TPSA) is 66.9 Å². The van der Waals surface area contributed by atoms with Gasteiger partial charge in [-0.3, -0.25) is 10.3 Å². The summed E-state index contributed by atoms with van der Waals surface area (Å²) in [7, 11) is 0. The lowest BCUT2D eigenvalue weighted by Gasteiger charge is -2.16. The van der Waals surface area contributed by atoms with Gasteiger partial charge in [0.2, 0.25) is 0 Å². The lowest BCUT2D eigenvalue weighted by Crippen LogP contribution is -2.35. The van der Waals surface area contributed by atoms with Crippen LogP contribution in [-0.4, -0.2) is 22.5 Å². The van der Waals surface area contributed by atoms with Crippen LogP contribution in [0.15, 0.2) is 48.9 Å². The number of anilines is 1. The second-order valence-corrected chi connectivity index (χ2v) is 5.04.